The van der Waals surface area contributed by atoms with Crippen LogP contribution in [0.15, 0.2) is 48.0 Å². The molecule has 0 amide bonds. The fourth-order valence-electron chi connectivity index (χ4n) is 3.49. The summed E-state index contributed by atoms with van der Waals surface area (Å²) < 4.78 is 32.5. The highest BCUT2D eigenvalue weighted by Crippen LogP contribution is 2.42. The van der Waals surface area contributed by atoms with Crippen molar-refractivity contribution in [3.8, 4) is 34.5 Å². The van der Waals surface area contributed by atoms with E-state index in [0.717, 1.165) is 17.9 Å². The monoisotopic (exact) mass is 426 g/mol. The average Bonchev–Trinajstić information content (AvgIpc) is 3.14. The Bertz CT molecular complexity index is 898. The molecule has 3 aliphatic rings. The van der Waals surface area contributed by atoms with E-state index in [1.54, 1.807) is 12.1 Å². The Hall–Kier alpha value is -2.86. The Morgan fingerprint density at radius 3 is 2.00 bits per heavy atom. The average molecular weight is 427 g/mol. The maximum Gasteiger partial charge on any atom is 0.231 e. The number of rotatable bonds is 6. The van der Waals surface area contributed by atoms with Crippen LogP contribution in [-0.2, 0) is 4.74 Å². The van der Waals surface area contributed by atoms with Gasteiger partial charge in [-0.1, -0.05) is 18.6 Å². The lowest BCUT2D eigenvalue weighted by molar-refractivity contribution is 0.173. The van der Waals surface area contributed by atoms with Gasteiger partial charge in [-0.25, -0.2) is 0 Å². The van der Waals surface area contributed by atoms with Crippen molar-refractivity contribution in [2.75, 3.05) is 13.6 Å². The highest BCUT2D eigenvalue weighted by molar-refractivity contribution is 5.50. The number of allylic oxidation sites excluding steroid dienone is 2. The number of epoxide rings is 1. The quantitative estimate of drug-likeness (QED) is 0.403. The summed E-state index contributed by atoms with van der Waals surface area (Å²) in [6.07, 6.45) is 6.24. The molecule has 1 saturated heterocycles. The number of hydrogen-bond donors (Lipinski definition) is 0. The van der Waals surface area contributed by atoms with Crippen LogP contribution in [0.3, 0.4) is 0 Å². The van der Waals surface area contributed by atoms with Crippen LogP contribution >= 0.6 is 0 Å². The van der Waals surface area contributed by atoms with E-state index in [-0.39, 0.29) is 19.2 Å². The highest BCUT2D eigenvalue weighted by Gasteiger charge is 2.49. The van der Waals surface area contributed by atoms with Crippen LogP contribution in [-0.4, -0.2) is 25.3 Å². The Labute approximate surface area is 183 Å². The van der Waals surface area contributed by atoms with Crippen LogP contribution in [0.5, 0.6) is 34.5 Å². The van der Waals surface area contributed by atoms with Gasteiger partial charge in [-0.2, -0.15) is 0 Å². The van der Waals surface area contributed by atoms with Crippen molar-refractivity contribution in [3.63, 3.8) is 0 Å². The fraction of sp³-hybridized carbons (Fsp3) is 0.440. The minimum atomic E-state index is 0.216. The minimum absolute atomic E-state index is 0.216. The van der Waals surface area contributed by atoms with Crippen LogP contribution < -0.4 is 23.7 Å². The lowest BCUT2D eigenvalue weighted by Crippen LogP contribution is -2.07. The third kappa shape index (κ3) is 5.07. The van der Waals surface area contributed by atoms with Crippen molar-refractivity contribution < 1.29 is 28.4 Å². The van der Waals surface area contributed by atoms with Crippen molar-refractivity contribution in [1.82, 2.24) is 0 Å². The fourth-order valence-corrected chi connectivity index (χ4v) is 3.49. The smallest absolute Gasteiger partial charge is 0.231 e. The van der Waals surface area contributed by atoms with E-state index in [1.165, 1.54) is 18.4 Å². The summed E-state index contributed by atoms with van der Waals surface area (Å²) in [4.78, 5) is 0. The van der Waals surface area contributed by atoms with E-state index in [9.17, 15) is 0 Å². The van der Waals surface area contributed by atoms with E-state index in [4.69, 9.17) is 28.4 Å². The van der Waals surface area contributed by atoms with Gasteiger partial charge in [-0.15, -0.1) is 0 Å². The molecule has 0 aromatic heterocycles. The summed E-state index contributed by atoms with van der Waals surface area (Å²) in [6, 6.07) is 10.9. The highest BCUT2D eigenvalue weighted by atomic mass is 16.7. The molecule has 0 N–H and O–H groups in total. The standard InChI is InChI=1S/C14H10O5.C11H20O/c1-3-11-13(17-7-15-11)5-9(1)19-10-2-4-12-14(6-10)18-8-16-12;1-5-9(3)7-8-10-11(4,6-2)12-10/h1-6H,7-8H2;5,10H,6-8H2,1-4H3. The van der Waals surface area contributed by atoms with E-state index in [1.807, 2.05) is 24.3 Å². The summed E-state index contributed by atoms with van der Waals surface area (Å²) in [5.41, 5.74) is 1.69. The Morgan fingerprint density at radius 2 is 1.52 bits per heavy atom. The van der Waals surface area contributed by atoms with Gasteiger partial charge in [0.15, 0.2) is 23.0 Å². The molecule has 2 aromatic rings. The summed E-state index contributed by atoms with van der Waals surface area (Å²) in [7, 11) is 0. The van der Waals surface area contributed by atoms with Crippen LogP contribution in [0, 0.1) is 0 Å². The third-order valence-electron chi connectivity index (χ3n) is 5.95. The zero-order valence-corrected chi connectivity index (χ0v) is 18.6. The second-order valence-electron chi connectivity index (χ2n) is 8.08. The molecule has 0 radical (unpaired) electrons. The molecular formula is C25H30O6. The van der Waals surface area contributed by atoms with Crippen LogP contribution in [0.25, 0.3) is 0 Å². The molecule has 3 heterocycles. The first-order chi connectivity index (χ1) is 15.0. The van der Waals surface area contributed by atoms with Crippen molar-refractivity contribution >= 4 is 0 Å². The Balaban J connectivity index is 0.000000168. The van der Waals surface area contributed by atoms with Crippen molar-refractivity contribution in [3.05, 3.63) is 48.0 Å². The predicted octanol–water partition coefficient (Wildman–Crippen LogP) is 6.24. The van der Waals surface area contributed by atoms with Gasteiger partial charge in [0.05, 0.1) is 11.7 Å². The third-order valence-corrected chi connectivity index (χ3v) is 5.95. The van der Waals surface area contributed by atoms with Gasteiger partial charge in [-0.3, -0.25) is 0 Å². The predicted molar refractivity (Wildman–Crippen MR) is 117 cm³/mol. The molecular weight excluding hydrogens is 396 g/mol. The first kappa shape index (κ1) is 21.4. The van der Waals surface area contributed by atoms with E-state index in [2.05, 4.69) is 33.8 Å². The van der Waals surface area contributed by atoms with E-state index < -0.39 is 0 Å². The molecule has 2 aromatic carbocycles. The summed E-state index contributed by atoms with van der Waals surface area (Å²) >= 11 is 0. The molecule has 5 rings (SSSR count). The number of ether oxygens (including phenoxy) is 6. The molecule has 31 heavy (non-hydrogen) atoms. The van der Waals surface area contributed by atoms with Crippen LogP contribution in [0.1, 0.15) is 47.0 Å². The number of hydrogen-bond acceptors (Lipinski definition) is 6. The van der Waals surface area contributed by atoms with Crippen LogP contribution in [0.2, 0.25) is 0 Å². The van der Waals surface area contributed by atoms with Gasteiger partial charge < -0.3 is 28.4 Å². The molecule has 2 atom stereocenters. The number of benzene rings is 2. The van der Waals surface area contributed by atoms with Crippen LogP contribution in [0.4, 0.5) is 0 Å². The summed E-state index contributed by atoms with van der Waals surface area (Å²) in [5.74, 6) is 4.22. The summed E-state index contributed by atoms with van der Waals surface area (Å²) in [6.45, 7) is 9.20. The zero-order chi connectivity index (χ0) is 21.8. The lowest BCUT2D eigenvalue weighted by Gasteiger charge is -2.07. The van der Waals surface area contributed by atoms with Crippen molar-refractivity contribution in [2.24, 2.45) is 0 Å². The van der Waals surface area contributed by atoms with Crippen molar-refractivity contribution in [1.29, 1.82) is 0 Å². The minimum Gasteiger partial charge on any atom is -0.457 e. The first-order valence-electron chi connectivity index (χ1n) is 10.8. The van der Waals surface area contributed by atoms with Gasteiger partial charge in [0, 0.05) is 12.1 Å². The molecule has 6 nitrogen and oxygen atoms in total. The first-order valence-corrected chi connectivity index (χ1v) is 10.8. The molecule has 0 bridgehead atoms. The normalized spacial score (nSPS) is 22.6. The maximum atomic E-state index is 5.76. The molecule has 0 aliphatic carbocycles. The van der Waals surface area contributed by atoms with Crippen molar-refractivity contribution in [2.45, 2.75) is 58.7 Å². The van der Waals surface area contributed by atoms with Gasteiger partial charge in [-0.05, 0) is 64.3 Å². The molecule has 6 heteroatoms. The van der Waals surface area contributed by atoms with Gasteiger partial charge in [0.2, 0.25) is 13.6 Å². The molecule has 166 valence electrons. The summed E-state index contributed by atoms with van der Waals surface area (Å²) in [5, 5.41) is 0. The van der Waals surface area contributed by atoms with Gasteiger partial charge in [0.25, 0.3) is 0 Å². The molecule has 0 saturated carbocycles. The molecule has 1 fully saturated rings. The van der Waals surface area contributed by atoms with Gasteiger partial charge >= 0.3 is 0 Å². The molecule has 0 spiro atoms. The van der Waals surface area contributed by atoms with E-state index in [0.29, 0.717) is 29.1 Å². The Morgan fingerprint density at radius 1 is 0.968 bits per heavy atom. The van der Waals surface area contributed by atoms with Gasteiger partial charge in [0.1, 0.15) is 11.5 Å². The molecule has 2 unspecified atom stereocenters. The second kappa shape index (κ2) is 9.10. The second-order valence-corrected chi connectivity index (χ2v) is 8.08. The lowest BCUT2D eigenvalue weighted by atomic mass is 9.99. The Kier molecular flexibility index (Phi) is 6.28. The number of fused-ring (bicyclic) bond motifs is 2. The maximum absolute atomic E-state index is 5.76. The largest absolute Gasteiger partial charge is 0.457 e. The molecule has 3 aliphatic heterocycles. The zero-order valence-electron chi connectivity index (χ0n) is 18.6. The van der Waals surface area contributed by atoms with E-state index >= 15 is 0 Å². The topological polar surface area (TPSA) is 58.7 Å². The SMILES string of the molecule is CC=C(C)CCC1OC1(C)CC.c1cc2c(cc1Oc1ccc3c(c1)OCO3)OCO2.